The van der Waals surface area contributed by atoms with E-state index >= 15 is 0 Å². The molecule has 0 aromatic heterocycles. The molecule has 0 saturated heterocycles. The van der Waals surface area contributed by atoms with Gasteiger partial charge in [-0.1, -0.05) is 15.9 Å². The monoisotopic (exact) mass is 295 g/mol. The van der Waals surface area contributed by atoms with E-state index in [-0.39, 0.29) is 5.56 Å². The maximum absolute atomic E-state index is 12.3. The van der Waals surface area contributed by atoms with E-state index in [1.54, 1.807) is 0 Å². The second-order valence-corrected chi connectivity index (χ2v) is 3.35. The Morgan fingerprint density at radius 2 is 2.00 bits per heavy atom. The molecule has 0 N–H and O–H groups in total. The third kappa shape index (κ3) is 2.82. The molecule has 0 unspecified atom stereocenters. The summed E-state index contributed by atoms with van der Waals surface area (Å²) in [6, 6.07) is 2.37. The first-order valence-electron chi connectivity index (χ1n) is 3.98. The lowest BCUT2D eigenvalue weighted by Gasteiger charge is -2.06. The molecule has 0 saturated carbocycles. The highest BCUT2D eigenvalue weighted by Gasteiger charge is 2.32. The molecule has 0 spiro atoms. The minimum atomic E-state index is -4.58. The lowest BCUT2D eigenvalue weighted by molar-refractivity contribution is -0.385. The van der Waals surface area contributed by atoms with Gasteiger partial charge in [-0.3, -0.25) is 10.1 Å². The topological polar surface area (TPSA) is 43.1 Å². The Hall–Kier alpha value is -1.37. The molecule has 0 fully saturated rings. The fourth-order valence-electron chi connectivity index (χ4n) is 1.09. The van der Waals surface area contributed by atoms with Gasteiger partial charge in [0.1, 0.15) is 0 Å². The molecule has 1 aromatic carbocycles. The van der Waals surface area contributed by atoms with E-state index in [1.165, 1.54) is 11.1 Å². The fourth-order valence-corrected chi connectivity index (χ4v) is 1.37. The van der Waals surface area contributed by atoms with E-state index in [9.17, 15) is 23.3 Å². The summed E-state index contributed by atoms with van der Waals surface area (Å²) in [5.41, 5.74) is -1.51. The summed E-state index contributed by atoms with van der Waals surface area (Å²) in [4.78, 5) is 11.1. The number of rotatable bonds is 2. The minimum Gasteiger partial charge on any atom is -0.258 e. The molecule has 0 bridgehead atoms. The third-order valence-corrected chi connectivity index (χ3v) is 2.06. The number of hydrogen-bond donors (Lipinski definition) is 0. The SMILES string of the molecule is O=[N+]([O-])c1cc(C(F)(F)F)ccc1/C=C/Br. The zero-order valence-corrected chi connectivity index (χ0v) is 9.25. The predicted octanol–water partition coefficient (Wildman–Crippen LogP) is 3.98. The summed E-state index contributed by atoms with van der Waals surface area (Å²) in [5.74, 6) is 0. The van der Waals surface area contributed by atoms with Crippen molar-refractivity contribution in [2.24, 2.45) is 0 Å². The summed E-state index contributed by atoms with van der Waals surface area (Å²) in [6.45, 7) is 0. The second kappa shape index (κ2) is 4.65. The van der Waals surface area contributed by atoms with Crippen molar-refractivity contribution in [3.8, 4) is 0 Å². The van der Waals surface area contributed by atoms with Crippen molar-refractivity contribution in [1.29, 1.82) is 0 Å². The van der Waals surface area contributed by atoms with Crippen molar-refractivity contribution in [2.45, 2.75) is 6.18 Å². The zero-order chi connectivity index (χ0) is 12.3. The highest BCUT2D eigenvalue weighted by Crippen LogP contribution is 2.33. The van der Waals surface area contributed by atoms with Crippen molar-refractivity contribution >= 4 is 27.7 Å². The van der Waals surface area contributed by atoms with Crippen molar-refractivity contribution in [1.82, 2.24) is 0 Å². The largest absolute Gasteiger partial charge is 0.416 e. The first-order chi connectivity index (χ1) is 7.36. The number of alkyl halides is 3. The van der Waals surface area contributed by atoms with Crippen LogP contribution in [0.5, 0.6) is 0 Å². The minimum absolute atomic E-state index is 0.106. The van der Waals surface area contributed by atoms with Gasteiger partial charge in [0.05, 0.1) is 16.1 Å². The highest BCUT2D eigenvalue weighted by molar-refractivity contribution is 9.11. The molecule has 0 aliphatic rings. The molecule has 86 valence electrons. The van der Waals surface area contributed by atoms with Crippen LogP contribution in [0, 0.1) is 10.1 Å². The Morgan fingerprint density at radius 1 is 1.38 bits per heavy atom. The van der Waals surface area contributed by atoms with Gasteiger partial charge in [0.15, 0.2) is 0 Å². The van der Waals surface area contributed by atoms with E-state index in [1.807, 2.05) is 0 Å². The molecule has 0 aliphatic carbocycles. The summed E-state index contributed by atoms with van der Waals surface area (Å²) < 4.78 is 36.9. The number of nitrogens with zero attached hydrogens (tertiary/aromatic N) is 1. The van der Waals surface area contributed by atoms with Crippen LogP contribution in [0.1, 0.15) is 11.1 Å². The van der Waals surface area contributed by atoms with E-state index in [0.717, 1.165) is 12.1 Å². The second-order valence-electron chi connectivity index (χ2n) is 2.82. The van der Waals surface area contributed by atoms with Gasteiger partial charge < -0.3 is 0 Å². The van der Waals surface area contributed by atoms with Gasteiger partial charge in [0.2, 0.25) is 0 Å². The molecule has 3 nitrogen and oxygen atoms in total. The summed E-state index contributed by atoms with van der Waals surface area (Å²) >= 11 is 2.90. The molecule has 7 heteroatoms. The molecule has 16 heavy (non-hydrogen) atoms. The molecule has 0 amide bonds. The van der Waals surface area contributed by atoms with Crippen LogP contribution in [0.15, 0.2) is 23.2 Å². The Labute approximate surface area is 96.9 Å². The Balaban J connectivity index is 3.34. The van der Waals surface area contributed by atoms with Crippen molar-refractivity contribution in [3.63, 3.8) is 0 Å². The van der Waals surface area contributed by atoms with Crippen molar-refractivity contribution in [3.05, 3.63) is 44.4 Å². The molecule has 1 rings (SSSR count). The lowest BCUT2D eigenvalue weighted by atomic mass is 10.1. The van der Waals surface area contributed by atoms with Crippen LogP contribution in [0.25, 0.3) is 6.08 Å². The van der Waals surface area contributed by atoms with E-state index < -0.39 is 22.4 Å². The van der Waals surface area contributed by atoms with Crippen LogP contribution in [0.2, 0.25) is 0 Å². The fraction of sp³-hybridized carbons (Fsp3) is 0.111. The highest BCUT2D eigenvalue weighted by atomic mass is 79.9. The van der Waals surface area contributed by atoms with Gasteiger partial charge >= 0.3 is 6.18 Å². The quantitative estimate of drug-likeness (QED) is 0.612. The Kier molecular flexibility index (Phi) is 3.69. The lowest BCUT2D eigenvalue weighted by Crippen LogP contribution is -2.06. The molecule has 1 aromatic rings. The van der Waals surface area contributed by atoms with Crippen molar-refractivity contribution < 1.29 is 18.1 Å². The van der Waals surface area contributed by atoms with Gasteiger partial charge in [-0.15, -0.1) is 0 Å². The summed E-state index contributed by atoms with van der Waals surface area (Å²) in [5, 5.41) is 10.6. The average molecular weight is 296 g/mol. The number of halogens is 4. The van der Waals surface area contributed by atoms with Crippen molar-refractivity contribution in [2.75, 3.05) is 0 Å². The van der Waals surface area contributed by atoms with Crippen LogP contribution in [-0.4, -0.2) is 4.92 Å². The van der Waals surface area contributed by atoms with Crippen LogP contribution in [0.4, 0.5) is 18.9 Å². The number of benzene rings is 1. The summed E-state index contributed by atoms with van der Waals surface area (Å²) in [7, 11) is 0. The van der Waals surface area contributed by atoms with E-state index in [0.29, 0.717) is 6.07 Å². The maximum atomic E-state index is 12.3. The van der Waals surface area contributed by atoms with Gasteiger partial charge in [0.25, 0.3) is 5.69 Å². The molecule has 0 radical (unpaired) electrons. The average Bonchev–Trinajstić information content (AvgIpc) is 2.16. The normalized spacial score (nSPS) is 12.0. The van der Waals surface area contributed by atoms with Gasteiger partial charge in [-0.25, -0.2) is 0 Å². The van der Waals surface area contributed by atoms with E-state index in [2.05, 4.69) is 15.9 Å². The first-order valence-corrected chi connectivity index (χ1v) is 4.90. The predicted molar refractivity (Wildman–Crippen MR) is 56.1 cm³/mol. The molecular weight excluding hydrogens is 291 g/mol. The summed E-state index contributed by atoms with van der Waals surface area (Å²) in [6.07, 6.45) is -3.28. The van der Waals surface area contributed by atoms with Gasteiger partial charge in [0, 0.05) is 6.07 Å². The van der Waals surface area contributed by atoms with Gasteiger partial charge in [-0.2, -0.15) is 13.2 Å². The van der Waals surface area contributed by atoms with Crippen LogP contribution < -0.4 is 0 Å². The molecular formula is C9H5BrF3NO2. The zero-order valence-electron chi connectivity index (χ0n) is 7.66. The maximum Gasteiger partial charge on any atom is 0.416 e. The first kappa shape index (κ1) is 12.7. The van der Waals surface area contributed by atoms with Crippen LogP contribution in [0.3, 0.4) is 0 Å². The number of nitro benzene ring substituents is 1. The number of hydrogen-bond acceptors (Lipinski definition) is 2. The molecule has 0 atom stereocenters. The molecule has 0 aliphatic heterocycles. The van der Waals surface area contributed by atoms with E-state index in [4.69, 9.17) is 0 Å². The van der Waals surface area contributed by atoms with Crippen LogP contribution in [-0.2, 0) is 6.18 Å². The third-order valence-electron chi connectivity index (χ3n) is 1.80. The Morgan fingerprint density at radius 3 is 2.44 bits per heavy atom. The smallest absolute Gasteiger partial charge is 0.258 e. The molecule has 0 heterocycles. The van der Waals surface area contributed by atoms with Gasteiger partial charge in [-0.05, 0) is 23.2 Å². The standard InChI is InChI=1S/C9H5BrF3NO2/c10-4-3-6-1-2-7(9(11,12)13)5-8(6)14(15)16/h1-5H/b4-3+. The number of nitro groups is 1. The Bertz CT molecular complexity index is 443. The van der Waals surface area contributed by atoms with Crippen LogP contribution >= 0.6 is 15.9 Å².